The third-order valence-electron chi connectivity index (χ3n) is 3.20. The minimum atomic E-state index is -4.56. The Bertz CT molecular complexity index is 490. The third kappa shape index (κ3) is 1.81. The number of hydrogen-bond donors (Lipinski definition) is 1. The van der Waals surface area contributed by atoms with Crippen LogP contribution in [0.1, 0.15) is 24.0 Å². The van der Waals surface area contributed by atoms with Gasteiger partial charge in [0.25, 0.3) is 0 Å². The van der Waals surface area contributed by atoms with Crippen LogP contribution in [0.5, 0.6) is 5.75 Å². The second-order valence-corrected chi connectivity index (χ2v) is 4.27. The van der Waals surface area contributed by atoms with Crippen LogP contribution in [0.15, 0.2) is 18.2 Å². The van der Waals surface area contributed by atoms with Gasteiger partial charge in [0.1, 0.15) is 5.75 Å². The lowest BCUT2D eigenvalue weighted by Gasteiger charge is -2.19. The monoisotopic (exact) mass is 260 g/mol. The molecule has 1 aliphatic rings. The summed E-state index contributed by atoms with van der Waals surface area (Å²) in [5.41, 5.74) is -2.05. The molecule has 2 rings (SSSR count). The van der Waals surface area contributed by atoms with Crippen LogP contribution in [0.25, 0.3) is 0 Å². The number of aliphatic carboxylic acids is 1. The molecule has 1 aliphatic carbocycles. The first kappa shape index (κ1) is 12.7. The number of rotatable bonds is 3. The highest BCUT2D eigenvalue weighted by atomic mass is 19.4. The summed E-state index contributed by atoms with van der Waals surface area (Å²) in [4.78, 5) is 11.2. The molecule has 0 radical (unpaired) electrons. The minimum absolute atomic E-state index is 0.104. The summed E-state index contributed by atoms with van der Waals surface area (Å²) >= 11 is 0. The summed E-state index contributed by atoms with van der Waals surface area (Å²) in [6.45, 7) is 0. The molecule has 1 aromatic rings. The number of carbonyl (C=O) groups is 1. The fourth-order valence-corrected chi connectivity index (χ4v) is 2.08. The van der Waals surface area contributed by atoms with Crippen LogP contribution in [0.4, 0.5) is 13.2 Å². The quantitative estimate of drug-likeness (QED) is 0.909. The first-order chi connectivity index (χ1) is 8.33. The van der Waals surface area contributed by atoms with Crippen LogP contribution >= 0.6 is 0 Å². The molecule has 1 aromatic carbocycles. The maximum Gasteiger partial charge on any atom is 0.419 e. The number of hydrogen-bond acceptors (Lipinski definition) is 2. The van der Waals surface area contributed by atoms with Crippen LogP contribution in [0, 0.1) is 0 Å². The highest BCUT2D eigenvalue weighted by Crippen LogP contribution is 2.53. The van der Waals surface area contributed by atoms with Crippen molar-refractivity contribution in [1.82, 2.24) is 0 Å². The molecule has 0 atom stereocenters. The number of halogens is 3. The lowest BCUT2D eigenvalue weighted by molar-refractivity contribution is -0.141. The van der Waals surface area contributed by atoms with E-state index < -0.39 is 23.1 Å². The van der Waals surface area contributed by atoms with E-state index in [2.05, 4.69) is 0 Å². The topological polar surface area (TPSA) is 46.5 Å². The Hall–Kier alpha value is -1.72. The van der Waals surface area contributed by atoms with Crippen molar-refractivity contribution in [3.63, 3.8) is 0 Å². The summed E-state index contributed by atoms with van der Waals surface area (Å²) in [6, 6.07) is 3.49. The van der Waals surface area contributed by atoms with Crippen molar-refractivity contribution in [2.45, 2.75) is 24.4 Å². The molecule has 3 nitrogen and oxygen atoms in total. The second-order valence-electron chi connectivity index (χ2n) is 4.27. The predicted molar refractivity (Wildman–Crippen MR) is 56.5 cm³/mol. The van der Waals surface area contributed by atoms with Crippen molar-refractivity contribution >= 4 is 5.97 Å². The maximum atomic E-state index is 12.8. The van der Waals surface area contributed by atoms with Gasteiger partial charge in [0.2, 0.25) is 0 Å². The number of ether oxygens (including phenoxy) is 1. The summed E-state index contributed by atoms with van der Waals surface area (Å²) in [5, 5.41) is 9.13. The molecule has 1 N–H and O–H groups in total. The second kappa shape index (κ2) is 3.90. The van der Waals surface area contributed by atoms with E-state index in [-0.39, 0.29) is 11.3 Å². The number of para-hydroxylation sites is 1. The van der Waals surface area contributed by atoms with E-state index in [1.54, 1.807) is 0 Å². The zero-order valence-corrected chi connectivity index (χ0v) is 9.54. The Morgan fingerprint density at radius 1 is 1.39 bits per heavy atom. The van der Waals surface area contributed by atoms with Gasteiger partial charge in [-0.25, -0.2) is 0 Å². The van der Waals surface area contributed by atoms with Gasteiger partial charge >= 0.3 is 12.1 Å². The first-order valence-corrected chi connectivity index (χ1v) is 5.31. The molecular weight excluding hydrogens is 249 g/mol. The number of methoxy groups -OCH3 is 1. The largest absolute Gasteiger partial charge is 0.496 e. The van der Waals surface area contributed by atoms with E-state index in [1.165, 1.54) is 12.1 Å². The molecule has 0 bridgehead atoms. The lowest BCUT2D eigenvalue weighted by Crippen LogP contribution is -2.22. The van der Waals surface area contributed by atoms with E-state index in [0.717, 1.165) is 13.2 Å². The van der Waals surface area contributed by atoms with Gasteiger partial charge in [-0.2, -0.15) is 13.2 Å². The molecule has 1 saturated carbocycles. The molecule has 18 heavy (non-hydrogen) atoms. The van der Waals surface area contributed by atoms with Crippen molar-refractivity contribution in [1.29, 1.82) is 0 Å². The Morgan fingerprint density at radius 2 is 2.00 bits per heavy atom. The molecule has 0 unspecified atom stereocenters. The average Bonchev–Trinajstić information content (AvgIpc) is 3.07. The number of benzene rings is 1. The Labute approximate surface area is 101 Å². The van der Waals surface area contributed by atoms with E-state index in [9.17, 15) is 18.0 Å². The zero-order valence-electron chi connectivity index (χ0n) is 9.54. The Balaban J connectivity index is 2.60. The van der Waals surface area contributed by atoms with Crippen LogP contribution in [0.3, 0.4) is 0 Å². The molecule has 98 valence electrons. The van der Waals surface area contributed by atoms with Gasteiger partial charge in [0.15, 0.2) is 0 Å². The zero-order chi connectivity index (χ0) is 13.6. The molecule has 0 aliphatic heterocycles. The van der Waals surface area contributed by atoms with Gasteiger partial charge in [0, 0.05) is 5.56 Å². The van der Waals surface area contributed by atoms with Gasteiger partial charge in [0.05, 0.1) is 18.1 Å². The van der Waals surface area contributed by atoms with E-state index in [1.807, 2.05) is 0 Å². The fourth-order valence-electron chi connectivity index (χ4n) is 2.08. The highest BCUT2D eigenvalue weighted by Gasteiger charge is 2.54. The number of carboxylic acid groups (broad SMARTS) is 1. The molecule has 0 heterocycles. The Kier molecular flexibility index (Phi) is 2.76. The Morgan fingerprint density at radius 3 is 2.39 bits per heavy atom. The van der Waals surface area contributed by atoms with Gasteiger partial charge in [-0.15, -0.1) is 0 Å². The maximum absolute atomic E-state index is 12.8. The van der Waals surface area contributed by atoms with Gasteiger partial charge in [-0.3, -0.25) is 4.79 Å². The smallest absolute Gasteiger partial charge is 0.419 e. The van der Waals surface area contributed by atoms with Crippen LogP contribution in [-0.2, 0) is 16.4 Å². The summed E-state index contributed by atoms with van der Waals surface area (Å²) in [5.74, 6) is -1.50. The van der Waals surface area contributed by atoms with Crippen molar-refractivity contribution in [3.05, 3.63) is 29.3 Å². The van der Waals surface area contributed by atoms with Crippen LogP contribution in [0.2, 0.25) is 0 Å². The average molecular weight is 260 g/mol. The molecule has 0 amide bonds. The van der Waals surface area contributed by atoms with Crippen molar-refractivity contribution < 1.29 is 27.8 Å². The standard InChI is InChI=1S/C12H11F3O3/c1-18-9-7(11(5-6-11)10(16)17)3-2-4-8(9)12(13,14)15/h2-4H,5-6H2,1H3,(H,16,17). The van der Waals surface area contributed by atoms with Crippen molar-refractivity contribution in [2.75, 3.05) is 7.11 Å². The fraction of sp³-hybridized carbons (Fsp3) is 0.417. The first-order valence-electron chi connectivity index (χ1n) is 5.31. The van der Waals surface area contributed by atoms with Crippen LogP contribution < -0.4 is 4.74 Å². The minimum Gasteiger partial charge on any atom is -0.496 e. The van der Waals surface area contributed by atoms with Crippen LogP contribution in [-0.4, -0.2) is 18.2 Å². The molecule has 0 saturated heterocycles. The molecule has 0 spiro atoms. The highest BCUT2D eigenvalue weighted by molar-refractivity contribution is 5.86. The van der Waals surface area contributed by atoms with Gasteiger partial charge in [-0.1, -0.05) is 12.1 Å². The predicted octanol–water partition coefficient (Wildman–Crippen LogP) is 2.83. The third-order valence-corrected chi connectivity index (χ3v) is 3.20. The van der Waals surface area contributed by atoms with E-state index in [4.69, 9.17) is 9.84 Å². The molecular formula is C12H11F3O3. The summed E-state index contributed by atoms with van der Waals surface area (Å²) in [7, 11) is 1.12. The molecule has 6 heteroatoms. The normalized spacial score (nSPS) is 17.3. The van der Waals surface area contributed by atoms with Crippen molar-refractivity contribution in [2.24, 2.45) is 0 Å². The van der Waals surface area contributed by atoms with Gasteiger partial charge in [-0.05, 0) is 18.9 Å². The lowest BCUT2D eigenvalue weighted by atomic mass is 9.93. The number of alkyl halides is 3. The van der Waals surface area contributed by atoms with Gasteiger partial charge < -0.3 is 9.84 Å². The van der Waals surface area contributed by atoms with Crippen molar-refractivity contribution in [3.8, 4) is 5.75 Å². The number of carboxylic acids is 1. The summed E-state index contributed by atoms with van der Waals surface area (Å²) < 4.78 is 43.2. The van der Waals surface area contributed by atoms with E-state index >= 15 is 0 Å². The molecule has 1 fully saturated rings. The molecule has 0 aromatic heterocycles. The SMILES string of the molecule is COc1c(C(F)(F)F)cccc1C1(C(=O)O)CC1. The summed E-state index contributed by atoms with van der Waals surface area (Å²) in [6.07, 6.45) is -3.89. The van der Waals surface area contributed by atoms with E-state index in [0.29, 0.717) is 12.8 Å².